The van der Waals surface area contributed by atoms with Crippen molar-refractivity contribution in [1.29, 1.82) is 0 Å². The first-order chi connectivity index (χ1) is 6.07. The Morgan fingerprint density at radius 3 is 2.92 bits per heavy atom. The fourth-order valence-electron chi connectivity index (χ4n) is 0.893. The van der Waals surface area contributed by atoms with Gasteiger partial charge in [0.2, 0.25) is 0 Å². The SMILES string of the molecule is NS(=O)(=O)C1=Cc2sccc2SN1. The van der Waals surface area contributed by atoms with Gasteiger partial charge in [-0.3, -0.25) is 0 Å². The summed E-state index contributed by atoms with van der Waals surface area (Å²) in [6.45, 7) is 0. The molecule has 70 valence electrons. The summed E-state index contributed by atoms with van der Waals surface area (Å²) in [5, 5.41) is 6.94. The van der Waals surface area contributed by atoms with Crippen LogP contribution in [0.4, 0.5) is 0 Å². The van der Waals surface area contributed by atoms with Crippen LogP contribution in [0.5, 0.6) is 0 Å². The van der Waals surface area contributed by atoms with Gasteiger partial charge in [0, 0.05) is 9.77 Å². The van der Waals surface area contributed by atoms with E-state index >= 15 is 0 Å². The molecule has 1 aliphatic heterocycles. The number of nitrogens with two attached hydrogens (primary N) is 1. The van der Waals surface area contributed by atoms with Crippen molar-refractivity contribution in [3.05, 3.63) is 21.4 Å². The monoisotopic (exact) mass is 234 g/mol. The molecule has 0 saturated heterocycles. The molecule has 1 aromatic heterocycles. The fourth-order valence-corrected chi connectivity index (χ4v) is 3.48. The second-order valence-electron chi connectivity index (χ2n) is 2.41. The Labute approximate surface area is 84.0 Å². The zero-order chi connectivity index (χ0) is 9.47. The molecule has 0 aliphatic carbocycles. The van der Waals surface area contributed by atoms with Gasteiger partial charge in [-0.05, 0) is 29.5 Å². The number of primary sulfonamides is 1. The molecule has 0 aromatic carbocycles. The van der Waals surface area contributed by atoms with Crippen molar-refractivity contribution in [3.63, 3.8) is 0 Å². The molecule has 1 aromatic rings. The Balaban J connectivity index is 2.49. The predicted molar refractivity (Wildman–Crippen MR) is 54.4 cm³/mol. The molecule has 0 unspecified atom stereocenters. The normalized spacial score (nSPS) is 15.9. The van der Waals surface area contributed by atoms with Crippen LogP contribution >= 0.6 is 23.3 Å². The van der Waals surface area contributed by atoms with E-state index in [1.54, 1.807) is 6.08 Å². The van der Waals surface area contributed by atoms with E-state index in [1.165, 1.54) is 23.3 Å². The van der Waals surface area contributed by atoms with Crippen LogP contribution in [0, 0.1) is 0 Å². The smallest absolute Gasteiger partial charge is 0.254 e. The third kappa shape index (κ3) is 1.73. The molecule has 0 fully saturated rings. The highest BCUT2D eigenvalue weighted by Gasteiger charge is 2.18. The van der Waals surface area contributed by atoms with Crippen LogP contribution in [-0.2, 0) is 10.0 Å². The summed E-state index contributed by atoms with van der Waals surface area (Å²) < 4.78 is 24.6. The molecule has 7 heteroatoms. The summed E-state index contributed by atoms with van der Waals surface area (Å²) >= 11 is 2.75. The van der Waals surface area contributed by atoms with Gasteiger partial charge >= 0.3 is 0 Å². The molecular weight excluding hydrogens is 228 g/mol. The zero-order valence-electron chi connectivity index (χ0n) is 6.35. The zero-order valence-corrected chi connectivity index (χ0v) is 8.80. The lowest BCUT2D eigenvalue weighted by atomic mass is 10.4. The minimum atomic E-state index is -3.61. The van der Waals surface area contributed by atoms with E-state index in [0.717, 1.165) is 9.77 Å². The molecule has 0 atom stereocenters. The second kappa shape index (κ2) is 3.02. The first kappa shape index (κ1) is 9.07. The number of hydrogen-bond acceptors (Lipinski definition) is 5. The van der Waals surface area contributed by atoms with E-state index < -0.39 is 10.0 Å². The highest BCUT2D eigenvalue weighted by Crippen LogP contribution is 2.32. The molecule has 0 saturated carbocycles. The lowest BCUT2D eigenvalue weighted by molar-refractivity contribution is 0.602. The molecule has 0 spiro atoms. The number of fused-ring (bicyclic) bond motifs is 1. The average molecular weight is 234 g/mol. The van der Waals surface area contributed by atoms with Crippen molar-refractivity contribution in [1.82, 2.24) is 4.72 Å². The quantitative estimate of drug-likeness (QED) is 0.709. The van der Waals surface area contributed by atoms with Crippen LogP contribution in [0.2, 0.25) is 0 Å². The summed E-state index contributed by atoms with van der Waals surface area (Å²) in [4.78, 5) is 1.95. The van der Waals surface area contributed by atoms with E-state index in [2.05, 4.69) is 4.72 Å². The maximum atomic E-state index is 11.0. The standard InChI is InChI=1S/C6H6N2O2S3/c7-13(9,10)6-3-5-4(12-8-6)1-2-11-5/h1-3,8H,(H2,7,9,10). The van der Waals surface area contributed by atoms with Crippen LogP contribution < -0.4 is 9.86 Å². The van der Waals surface area contributed by atoms with Crippen LogP contribution in [0.1, 0.15) is 4.88 Å². The lowest BCUT2D eigenvalue weighted by Crippen LogP contribution is -2.23. The number of sulfonamides is 1. The third-order valence-corrected chi connectivity index (χ3v) is 4.34. The van der Waals surface area contributed by atoms with Crippen molar-refractivity contribution >= 4 is 39.4 Å². The third-order valence-electron chi connectivity index (χ3n) is 1.49. The summed E-state index contributed by atoms with van der Waals surface area (Å²) in [6, 6.07) is 1.92. The summed E-state index contributed by atoms with van der Waals surface area (Å²) in [7, 11) is -3.61. The van der Waals surface area contributed by atoms with Crippen LogP contribution in [0.15, 0.2) is 21.4 Å². The largest absolute Gasteiger partial charge is 0.315 e. The van der Waals surface area contributed by atoms with E-state index in [-0.39, 0.29) is 5.03 Å². The fraction of sp³-hybridized carbons (Fsp3) is 0. The van der Waals surface area contributed by atoms with Crippen molar-refractivity contribution in [2.45, 2.75) is 4.90 Å². The number of thiophene rings is 1. The molecule has 2 heterocycles. The lowest BCUT2D eigenvalue weighted by Gasteiger charge is -2.12. The Morgan fingerprint density at radius 2 is 2.23 bits per heavy atom. The molecule has 4 nitrogen and oxygen atoms in total. The molecule has 0 radical (unpaired) electrons. The Kier molecular flexibility index (Phi) is 2.11. The second-order valence-corrected chi connectivity index (χ2v) is 5.73. The van der Waals surface area contributed by atoms with E-state index in [1.807, 2.05) is 11.4 Å². The van der Waals surface area contributed by atoms with Gasteiger partial charge in [-0.1, -0.05) is 0 Å². The van der Waals surface area contributed by atoms with E-state index in [4.69, 9.17) is 5.14 Å². The number of hydrogen-bond donors (Lipinski definition) is 2. The number of rotatable bonds is 1. The molecule has 3 N–H and O–H groups in total. The molecular formula is C6H6N2O2S3. The van der Waals surface area contributed by atoms with Crippen molar-refractivity contribution in [3.8, 4) is 0 Å². The van der Waals surface area contributed by atoms with Gasteiger partial charge in [-0.15, -0.1) is 11.3 Å². The molecule has 1 aliphatic rings. The highest BCUT2D eigenvalue weighted by molar-refractivity contribution is 8.00. The Morgan fingerprint density at radius 1 is 1.46 bits per heavy atom. The highest BCUT2D eigenvalue weighted by atomic mass is 32.2. The van der Waals surface area contributed by atoms with E-state index in [0.29, 0.717) is 0 Å². The van der Waals surface area contributed by atoms with Crippen LogP contribution in [0.25, 0.3) is 6.08 Å². The van der Waals surface area contributed by atoms with Crippen LogP contribution in [0.3, 0.4) is 0 Å². The van der Waals surface area contributed by atoms with Crippen molar-refractivity contribution in [2.75, 3.05) is 0 Å². The summed E-state index contributed by atoms with van der Waals surface area (Å²) in [6.07, 6.45) is 1.55. The van der Waals surface area contributed by atoms with Gasteiger partial charge in [0.25, 0.3) is 10.0 Å². The minimum Gasteiger partial charge on any atom is -0.315 e. The molecule has 0 bridgehead atoms. The van der Waals surface area contributed by atoms with Gasteiger partial charge in [-0.2, -0.15) is 0 Å². The summed E-state index contributed by atoms with van der Waals surface area (Å²) in [5.41, 5.74) is 0. The van der Waals surface area contributed by atoms with E-state index in [9.17, 15) is 8.42 Å². The topological polar surface area (TPSA) is 72.2 Å². The first-order valence-corrected chi connectivity index (χ1v) is 6.56. The molecule has 2 rings (SSSR count). The van der Waals surface area contributed by atoms with Crippen molar-refractivity contribution in [2.24, 2.45) is 5.14 Å². The Hall–Kier alpha value is -0.500. The molecule has 0 amide bonds. The summed E-state index contributed by atoms with van der Waals surface area (Å²) in [5.74, 6) is 0. The van der Waals surface area contributed by atoms with Gasteiger partial charge in [-0.25, -0.2) is 13.6 Å². The van der Waals surface area contributed by atoms with Crippen LogP contribution in [-0.4, -0.2) is 8.42 Å². The molecule has 13 heavy (non-hydrogen) atoms. The van der Waals surface area contributed by atoms with Gasteiger partial charge in [0.1, 0.15) is 0 Å². The maximum Gasteiger partial charge on any atom is 0.254 e. The van der Waals surface area contributed by atoms with Gasteiger partial charge in [0.05, 0.1) is 0 Å². The maximum absolute atomic E-state index is 11.0. The van der Waals surface area contributed by atoms with Crippen molar-refractivity contribution < 1.29 is 8.42 Å². The minimum absolute atomic E-state index is 0.0625. The van der Waals surface area contributed by atoms with Gasteiger partial charge in [0.15, 0.2) is 5.03 Å². The van der Waals surface area contributed by atoms with Gasteiger partial charge < -0.3 is 4.72 Å². The number of nitrogens with one attached hydrogen (secondary N) is 1. The predicted octanol–water partition coefficient (Wildman–Crippen LogP) is 0.945. The average Bonchev–Trinajstić information content (AvgIpc) is 2.47. The first-order valence-electron chi connectivity index (χ1n) is 3.32. The Bertz CT molecular complexity index is 460.